The van der Waals surface area contributed by atoms with E-state index in [0.29, 0.717) is 11.6 Å². The van der Waals surface area contributed by atoms with Crippen LogP contribution in [0.1, 0.15) is 22.4 Å². The molecule has 1 heterocycles. The zero-order valence-electron chi connectivity index (χ0n) is 9.02. The number of carbonyl (C=O) groups excluding carboxylic acids is 2. The molecule has 3 N–H and O–H groups in total. The lowest BCUT2D eigenvalue weighted by Gasteiger charge is -2.09. The Balaban J connectivity index is 2.61. The zero-order valence-corrected chi connectivity index (χ0v) is 9.84. The Hall–Kier alpha value is -1.47. The highest BCUT2D eigenvalue weighted by molar-refractivity contribution is 7.09. The molecule has 0 saturated heterocycles. The molecule has 0 aliphatic carbocycles. The number of hydrogen-bond donors (Lipinski definition) is 2. The molecular weight excluding hydrogens is 230 g/mol. The highest BCUT2D eigenvalue weighted by atomic mass is 32.1. The van der Waals surface area contributed by atoms with E-state index >= 15 is 0 Å². The van der Waals surface area contributed by atoms with E-state index in [9.17, 15) is 9.59 Å². The molecule has 0 aliphatic rings. The van der Waals surface area contributed by atoms with Crippen LogP contribution in [0.3, 0.4) is 0 Å². The first kappa shape index (κ1) is 12.6. The Bertz CT molecular complexity index is 391. The van der Waals surface area contributed by atoms with E-state index in [1.54, 1.807) is 12.3 Å². The van der Waals surface area contributed by atoms with Crippen LogP contribution in [0, 0.1) is 0 Å². The number of rotatable bonds is 4. The molecule has 88 valence electrons. The summed E-state index contributed by atoms with van der Waals surface area (Å²) in [6.07, 6.45) is 0. The van der Waals surface area contributed by atoms with Gasteiger partial charge in [-0.05, 0) is 6.92 Å². The second-order valence-electron chi connectivity index (χ2n) is 3.05. The predicted octanol–water partition coefficient (Wildman–Crippen LogP) is -0.107. The van der Waals surface area contributed by atoms with Gasteiger partial charge in [0.1, 0.15) is 16.7 Å². The fraction of sp³-hybridized carbons (Fsp3) is 0.444. The summed E-state index contributed by atoms with van der Waals surface area (Å²) in [5.41, 5.74) is 5.64. The van der Waals surface area contributed by atoms with Crippen LogP contribution in [0.15, 0.2) is 5.38 Å². The van der Waals surface area contributed by atoms with Gasteiger partial charge in [-0.15, -0.1) is 11.3 Å². The quantitative estimate of drug-likeness (QED) is 0.720. The van der Waals surface area contributed by atoms with Crippen molar-refractivity contribution < 1.29 is 14.3 Å². The lowest BCUT2D eigenvalue weighted by molar-refractivity contribution is -0.142. The summed E-state index contributed by atoms with van der Waals surface area (Å²) in [6, 6.07) is -0.694. The molecular formula is C9H13N3O3S. The standard InChI is InChI=1S/C9H13N3O3S/c1-5(9(14)15-2)11-8(13)6-4-16-7(3-10)12-6/h4-5H,3,10H2,1-2H3,(H,11,13). The van der Waals surface area contributed by atoms with E-state index in [2.05, 4.69) is 15.0 Å². The van der Waals surface area contributed by atoms with Crippen molar-refractivity contribution in [3.8, 4) is 0 Å². The number of methoxy groups -OCH3 is 1. The monoisotopic (exact) mass is 243 g/mol. The first-order valence-electron chi connectivity index (χ1n) is 4.61. The van der Waals surface area contributed by atoms with Crippen molar-refractivity contribution in [3.05, 3.63) is 16.1 Å². The van der Waals surface area contributed by atoms with Crippen LogP contribution in [0.5, 0.6) is 0 Å². The smallest absolute Gasteiger partial charge is 0.328 e. The molecule has 1 atom stereocenters. The number of nitrogens with two attached hydrogens (primary N) is 1. The number of carbonyl (C=O) groups is 2. The third-order valence-corrected chi connectivity index (χ3v) is 2.73. The van der Waals surface area contributed by atoms with Gasteiger partial charge in [-0.1, -0.05) is 0 Å². The molecule has 16 heavy (non-hydrogen) atoms. The van der Waals surface area contributed by atoms with Gasteiger partial charge in [0, 0.05) is 11.9 Å². The highest BCUT2D eigenvalue weighted by Crippen LogP contribution is 2.08. The minimum Gasteiger partial charge on any atom is -0.467 e. The van der Waals surface area contributed by atoms with Gasteiger partial charge in [-0.3, -0.25) is 4.79 Å². The molecule has 0 bridgehead atoms. The number of ether oxygens (including phenoxy) is 1. The predicted molar refractivity (Wildman–Crippen MR) is 58.9 cm³/mol. The zero-order chi connectivity index (χ0) is 12.1. The van der Waals surface area contributed by atoms with Crippen LogP contribution in [-0.4, -0.2) is 30.0 Å². The second-order valence-corrected chi connectivity index (χ2v) is 3.99. The molecule has 1 aromatic heterocycles. The van der Waals surface area contributed by atoms with Crippen LogP contribution >= 0.6 is 11.3 Å². The van der Waals surface area contributed by atoms with Gasteiger partial charge in [0.2, 0.25) is 0 Å². The van der Waals surface area contributed by atoms with E-state index in [0.717, 1.165) is 0 Å². The number of nitrogens with one attached hydrogen (secondary N) is 1. The molecule has 7 heteroatoms. The highest BCUT2D eigenvalue weighted by Gasteiger charge is 2.18. The Kier molecular flexibility index (Phi) is 4.39. The Morgan fingerprint density at radius 3 is 2.88 bits per heavy atom. The number of thiazole rings is 1. The number of esters is 1. The lowest BCUT2D eigenvalue weighted by Crippen LogP contribution is -2.39. The maximum atomic E-state index is 11.6. The van der Waals surface area contributed by atoms with Gasteiger partial charge in [-0.25, -0.2) is 9.78 Å². The Labute approximate surface area is 96.8 Å². The van der Waals surface area contributed by atoms with Crippen LogP contribution in [-0.2, 0) is 16.1 Å². The van der Waals surface area contributed by atoms with Crippen LogP contribution in [0.4, 0.5) is 0 Å². The molecule has 0 fully saturated rings. The summed E-state index contributed by atoms with van der Waals surface area (Å²) in [7, 11) is 1.26. The second kappa shape index (κ2) is 5.57. The van der Waals surface area contributed by atoms with Crippen molar-refractivity contribution in [1.82, 2.24) is 10.3 Å². The summed E-state index contributed by atoms with van der Waals surface area (Å²) < 4.78 is 4.48. The maximum Gasteiger partial charge on any atom is 0.328 e. The number of amides is 1. The molecule has 6 nitrogen and oxygen atoms in total. The maximum absolute atomic E-state index is 11.6. The number of aromatic nitrogens is 1. The van der Waals surface area contributed by atoms with Crippen molar-refractivity contribution in [1.29, 1.82) is 0 Å². The molecule has 1 amide bonds. The van der Waals surface area contributed by atoms with Gasteiger partial charge in [-0.2, -0.15) is 0 Å². The SMILES string of the molecule is COC(=O)C(C)NC(=O)c1csc(CN)n1. The van der Waals surface area contributed by atoms with E-state index in [4.69, 9.17) is 5.73 Å². The van der Waals surface area contributed by atoms with Crippen molar-refractivity contribution in [3.63, 3.8) is 0 Å². The van der Waals surface area contributed by atoms with Crippen molar-refractivity contribution in [2.75, 3.05) is 7.11 Å². The fourth-order valence-corrected chi connectivity index (χ4v) is 1.67. The van der Waals surface area contributed by atoms with Gasteiger partial charge >= 0.3 is 5.97 Å². The summed E-state index contributed by atoms with van der Waals surface area (Å²) >= 11 is 1.31. The first-order valence-corrected chi connectivity index (χ1v) is 5.49. The number of nitrogens with zero attached hydrogens (tertiary/aromatic N) is 1. The molecule has 1 rings (SSSR count). The van der Waals surface area contributed by atoms with Crippen LogP contribution < -0.4 is 11.1 Å². The third kappa shape index (κ3) is 3.01. The molecule has 1 unspecified atom stereocenters. The Morgan fingerprint density at radius 2 is 2.38 bits per heavy atom. The van der Waals surface area contributed by atoms with Crippen LogP contribution in [0.25, 0.3) is 0 Å². The van der Waals surface area contributed by atoms with E-state index in [1.165, 1.54) is 18.4 Å². The average Bonchev–Trinajstić information content (AvgIpc) is 2.76. The largest absolute Gasteiger partial charge is 0.467 e. The molecule has 0 aromatic carbocycles. The van der Waals surface area contributed by atoms with E-state index in [-0.39, 0.29) is 5.69 Å². The minimum absolute atomic E-state index is 0.265. The topological polar surface area (TPSA) is 94.3 Å². The molecule has 0 spiro atoms. The first-order chi connectivity index (χ1) is 7.58. The van der Waals surface area contributed by atoms with E-state index < -0.39 is 17.9 Å². The number of hydrogen-bond acceptors (Lipinski definition) is 6. The van der Waals surface area contributed by atoms with Crippen molar-refractivity contribution >= 4 is 23.2 Å². The summed E-state index contributed by atoms with van der Waals surface area (Å²) in [5.74, 6) is -0.906. The van der Waals surface area contributed by atoms with E-state index in [1.807, 2.05) is 0 Å². The summed E-state index contributed by atoms with van der Waals surface area (Å²) in [4.78, 5) is 26.7. The molecule has 1 aromatic rings. The fourth-order valence-electron chi connectivity index (χ4n) is 1.02. The minimum atomic E-state index is -0.694. The van der Waals surface area contributed by atoms with Crippen molar-refractivity contribution in [2.45, 2.75) is 19.5 Å². The Morgan fingerprint density at radius 1 is 1.69 bits per heavy atom. The lowest BCUT2D eigenvalue weighted by atomic mass is 10.3. The summed E-state index contributed by atoms with van der Waals surface area (Å²) in [6.45, 7) is 1.84. The third-order valence-electron chi connectivity index (χ3n) is 1.86. The summed E-state index contributed by atoms with van der Waals surface area (Å²) in [5, 5.41) is 4.75. The molecule has 0 saturated carbocycles. The van der Waals surface area contributed by atoms with Crippen LogP contribution in [0.2, 0.25) is 0 Å². The van der Waals surface area contributed by atoms with Crippen molar-refractivity contribution in [2.24, 2.45) is 5.73 Å². The normalized spacial score (nSPS) is 11.9. The van der Waals surface area contributed by atoms with Gasteiger partial charge in [0.05, 0.1) is 7.11 Å². The molecule has 0 radical (unpaired) electrons. The average molecular weight is 243 g/mol. The van der Waals surface area contributed by atoms with Gasteiger partial charge < -0.3 is 15.8 Å². The van der Waals surface area contributed by atoms with Gasteiger partial charge in [0.25, 0.3) is 5.91 Å². The molecule has 0 aliphatic heterocycles. The van der Waals surface area contributed by atoms with Gasteiger partial charge in [0.15, 0.2) is 0 Å².